The van der Waals surface area contributed by atoms with E-state index in [0.29, 0.717) is 22.4 Å². The van der Waals surface area contributed by atoms with Crippen LogP contribution in [0.1, 0.15) is 36.1 Å². The SMILES string of the molecule is Cc1cc(C)c(S(=O)(=O)N(CCc2ccccc2)CC(=O)NC(C)C)c(C)c1. The molecule has 0 bridgehead atoms. The number of rotatable bonds is 8. The van der Waals surface area contributed by atoms with Gasteiger partial charge in [0.25, 0.3) is 0 Å². The van der Waals surface area contributed by atoms with Crippen molar-refractivity contribution in [3.05, 3.63) is 64.7 Å². The number of aryl methyl sites for hydroxylation is 3. The van der Waals surface area contributed by atoms with E-state index in [1.165, 1.54) is 4.31 Å². The lowest BCUT2D eigenvalue weighted by atomic mass is 10.1. The van der Waals surface area contributed by atoms with Gasteiger partial charge < -0.3 is 5.32 Å². The number of carbonyl (C=O) groups is 1. The Morgan fingerprint density at radius 2 is 1.61 bits per heavy atom. The molecular formula is C22H30N2O3S. The van der Waals surface area contributed by atoms with Gasteiger partial charge in [-0.1, -0.05) is 48.0 Å². The number of carbonyl (C=O) groups excluding carboxylic acids is 1. The van der Waals surface area contributed by atoms with Crippen LogP contribution in [-0.2, 0) is 21.2 Å². The average molecular weight is 403 g/mol. The fourth-order valence-electron chi connectivity index (χ4n) is 3.41. The zero-order valence-corrected chi connectivity index (χ0v) is 18.1. The van der Waals surface area contributed by atoms with E-state index in [1.807, 2.05) is 63.2 Å². The van der Waals surface area contributed by atoms with E-state index >= 15 is 0 Å². The first-order valence-corrected chi connectivity index (χ1v) is 11.0. The van der Waals surface area contributed by atoms with Crippen molar-refractivity contribution in [1.82, 2.24) is 9.62 Å². The molecule has 2 aromatic carbocycles. The summed E-state index contributed by atoms with van der Waals surface area (Å²) in [6.07, 6.45) is 0.541. The molecule has 6 heteroatoms. The molecule has 28 heavy (non-hydrogen) atoms. The van der Waals surface area contributed by atoms with Crippen LogP contribution in [0.25, 0.3) is 0 Å². The summed E-state index contributed by atoms with van der Waals surface area (Å²) >= 11 is 0. The van der Waals surface area contributed by atoms with Crippen LogP contribution in [0.2, 0.25) is 0 Å². The first kappa shape index (κ1) is 22.1. The lowest BCUT2D eigenvalue weighted by molar-refractivity contribution is -0.121. The van der Waals surface area contributed by atoms with Gasteiger partial charge in [-0.3, -0.25) is 4.79 Å². The summed E-state index contributed by atoms with van der Waals surface area (Å²) in [6.45, 7) is 9.31. The highest BCUT2D eigenvalue weighted by molar-refractivity contribution is 7.89. The molecule has 0 aliphatic carbocycles. The molecule has 0 atom stereocenters. The molecule has 0 aliphatic rings. The minimum atomic E-state index is -3.81. The highest BCUT2D eigenvalue weighted by atomic mass is 32.2. The normalized spacial score (nSPS) is 11.8. The van der Waals surface area contributed by atoms with Crippen molar-refractivity contribution >= 4 is 15.9 Å². The van der Waals surface area contributed by atoms with Crippen LogP contribution in [0.5, 0.6) is 0 Å². The van der Waals surface area contributed by atoms with Crippen molar-refractivity contribution in [1.29, 1.82) is 0 Å². The zero-order valence-electron chi connectivity index (χ0n) is 17.3. The molecule has 0 unspecified atom stereocenters. The summed E-state index contributed by atoms with van der Waals surface area (Å²) in [7, 11) is -3.81. The maximum absolute atomic E-state index is 13.5. The number of hydrogen-bond donors (Lipinski definition) is 1. The molecule has 0 saturated heterocycles. The Hall–Kier alpha value is -2.18. The van der Waals surface area contributed by atoms with Crippen LogP contribution in [-0.4, -0.2) is 37.8 Å². The van der Waals surface area contributed by atoms with Gasteiger partial charge in [0.1, 0.15) is 0 Å². The number of hydrogen-bond acceptors (Lipinski definition) is 3. The standard InChI is InChI=1S/C22H30N2O3S/c1-16(2)23-21(25)15-24(12-11-20-9-7-6-8-10-20)28(26,27)22-18(4)13-17(3)14-19(22)5/h6-10,13-14,16H,11-12,15H2,1-5H3,(H,23,25). The van der Waals surface area contributed by atoms with Crippen molar-refractivity contribution in [2.24, 2.45) is 0 Å². The third-order valence-corrected chi connectivity index (χ3v) is 6.62. The van der Waals surface area contributed by atoms with Gasteiger partial charge in [-0.15, -0.1) is 0 Å². The summed E-state index contributed by atoms with van der Waals surface area (Å²) in [6, 6.07) is 13.4. The van der Waals surface area contributed by atoms with E-state index in [0.717, 1.165) is 11.1 Å². The van der Waals surface area contributed by atoms with E-state index in [4.69, 9.17) is 0 Å². The van der Waals surface area contributed by atoms with Gasteiger partial charge in [0, 0.05) is 12.6 Å². The van der Waals surface area contributed by atoms with Crippen molar-refractivity contribution in [3.63, 3.8) is 0 Å². The van der Waals surface area contributed by atoms with Crippen LogP contribution in [0, 0.1) is 20.8 Å². The number of sulfonamides is 1. The third kappa shape index (κ3) is 5.66. The van der Waals surface area contributed by atoms with E-state index < -0.39 is 10.0 Å². The van der Waals surface area contributed by atoms with Gasteiger partial charge in [-0.05, 0) is 57.7 Å². The average Bonchev–Trinajstić information content (AvgIpc) is 2.57. The number of nitrogens with zero attached hydrogens (tertiary/aromatic N) is 1. The number of amides is 1. The van der Waals surface area contributed by atoms with E-state index in [-0.39, 0.29) is 25.0 Å². The molecule has 2 rings (SSSR count). The van der Waals surface area contributed by atoms with E-state index in [9.17, 15) is 13.2 Å². The van der Waals surface area contributed by atoms with Gasteiger partial charge in [-0.2, -0.15) is 4.31 Å². The molecule has 0 radical (unpaired) electrons. The Balaban J connectivity index is 2.37. The highest BCUT2D eigenvalue weighted by Gasteiger charge is 2.29. The lowest BCUT2D eigenvalue weighted by Crippen LogP contribution is -2.43. The summed E-state index contributed by atoms with van der Waals surface area (Å²) < 4.78 is 28.2. The van der Waals surface area contributed by atoms with Gasteiger partial charge in [0.05, 0.1) is 11.4 Å². The Bertz CT molecular complexity index is 899. The minimum absolute atomic E-state index is 0.0472. The smallest absolute Gasteiger partial charge is 0.244 e. The predicted octanol–water partition coefficient (Wildman–Crippen LogP) is 3.37. The van der Waals surface area contributed by atoms with Crippen LogP contribution in [0.3, 0.4) is 0 Å². The second kappa shape index (κ2) is 9.34. The molecular weight excluding hydrogens is 372 g/mol. The molecule has 152 valence electrons. The maximum Gasteiger partial charge on any atom is 0.244 e. The summed E-state index contributed by atoms with van der Waals surface area (Å²) in [5.74, 6) is -0.297. The maximum atomic E-state index is 13.5. The molecule has 0 aliphatic heterocycles. The van der Waals surface area contributed by atoms with Gasteiger partial charge in [0.15, 0.2) is 0 Å². The van der Waals surface area contributed by atoms with Crippen molar-refractivity contribution in [2.75, 3.05) is 13.1 Å². The zero-order chi connectivity index (χ0) is 20.9. The van der Waals surface area contributed by atoms with Crippen molar-refractivity contribution in [2.45, 2.75) is 52.0 Å². The van der Waals surface area contributed by atoms with Crippen LogP contribution >= 0.6 is 0 Å². The number of benzene rings is 2. The minimum Gasteiger partial charge on any atom is -0.353 e. The van der Waals surface area contributed by atoms with Crippen molar-refractivity contribution < 1.29 is 13.2 Å². The molecule has 0 spiro atoms. The Labute approximate surface area is 168 Å². The fourth-order valence-corrected chi connectivity index (χ4v) is 5.22. The first-order chi connectivity index (χ1) is 13.1. The van der Waals surface area contributed by atoms with Crippen LogP contribution in [0.15, 0.2) is 47.4 Å². The predicted molar refractivity (Wildman–Crippen MR) is 113 cm³/mol. The molecule has 0 saturated carbocycles. The van der Waals surface area contributed by atoms with E-state index in [2.05, 4.69) is 5.32 Å². The van der Waals surface area contributed by atoms with Gasteiger partial charge in [-0.25, -0.2) is 8.42 Å². The largest absolute Gasteiger partial charge is 0.353 e. The molecule has 2 aromatic rings. The second-order valence-corrected chi connectivity index (χ2v) is 9.40. The first-order valence-electron chi connectivity index (χ1n) is 9.52. The molecule has 0 fully saturated rings. The lowest BCUT2D eigenvalue weighted by Gasteiger charge is -2.24. The molecule has 0 heterocycles. The topological polar surface area (TPSA) is 66.5 Å². The Morgan fingerprint density at radius 1 is 1.04 bits per heavy atom. The molecule has 1 N–H and O–H groups in total. The van der Waals surface area contributed by atoms with Crippen LogP contribution < -0.4 is 5.32 Å². The number of nitrogens with one attached hydrogen (secondary N) is 1. The van der Waals surface area contributed by atoms with Gasteiger partial charge >= 0.3 is 0 Å². The second-order valence-electron chi connectivity index (χ2n) is 7.52. The fraction of sp³-hybridized carbons (Fsp3) is 0.409. The molecule has 1 amide bonds. The Morgan fingerprint density at radius 3 is 2.14 bits per heavy atom. The van der Waals surface area contributed by atoms with Crippen molar-refractivity contribution in [3.8, 4) is 0 Å². The van der Waals surface area contributed by atoms with E-state index in [1.54, 1.807) is 13.8 Å². The quantitative estimate of drug-likeness (QED) is 0.736. The Kier molecular flexibility index (Phi) is 7.38. The van der Waals surface area contributed by atoms with Crippen LogP contribution in [0.4, 0.5) is 0 Å². The third-order valence-electron chi connectivity index (χ3n) is 4.46. The molecule has 5 nitrogen and oxygen atoms in total. The summed E-state index contributed by atoms with van der Waals surface area (Å²) in [5, 5.41) is 2.79. The highest BCUT2D eigenvalue weighted by Crippen LogP contribution is 2.25. The summed E-state index contributed by atoms with van der Waals surface area (Å²) in [4.78, 5) is 12.7. The molecule has 0 aromatic heterocycles. The summed E-state index contributed by atoms with van der Waals surface area (Å²) in [5.41, 5.74) is 3.45. The van der Waals surface area contributed by atoms with Gasteiger partial charge in [0.2, 0.25) is 15.9 Å². The monoisotopic (exact) mass is 402 g/mol.